The Balaban J connectivity index is 1.45. The Morgan fingerprint density at radius 3 is 2.17 bits per heavy atom. The van der Waals surface area contributed by atoms with Crippen LogP contribution in [0, 0.1) is 0 Å². The van der Waals surface area contributed by atoms with Crippen molar-refractivity contribution in [2.24, 2.45) is 0 Å². The summed E-state index contributed by atoms with van der Waals surface area (Å²) in [7, 11) is 0. The van der Waals surface area contributed by atoms with Crippen molar-refractivity contribution in [3.8, 4) is 0 Å². The zero-order chi connectivity index (χ0) is 24.6. The van der Waals surface area contributed by atoms with E-state index in [-0.39, 0.29) is 11.9 Å². The van der Waals surface area contributed by atoms with Gasteiger partial charge in [-0.05, 0) is 42.7 Å². The number of benzene rings is 2. The van der Waals surface area contributed by atoms with E-state index in [4.69, 9.17) is 9.47 Å². The molecule has 2 aliphatic heterocycles. The number of ether oxygens (including phenoxy) is 2. The van der Waals surface area contributed by atoms with Gasteiger partial charge in [-0.1, -0.05) is 64.5 Å². The highest BCUT2D eigenvalue weighted by atomic mass is 16.5. The van der Waals surface area contributed by atoms with Crippen LogP contribution in [-0.4, -0.2) is 31.8 Å². The maximum Gasteiger partial charge on any atom is 0.338 e. The SMILES string of the molecule is CCCCCCOC(=O)c1ccc2c(c1)N1Cc3c(C(=O)OCCCCCC)cccc3N(C2)C1. The molecule has 188 valence electrons. The van der Waals surface area contributed by atoms with E-state index in [1.54, 1.807) is 0 Å². The van der Waals surface area contributed by atoms with Crippen molar-refractivity contribution < 1.29 is 19.1 Å². The lowest BCUT2D eigenvalue weighted by atomic mass is 9.97. The second kappa shape index (κ2) is 12.1. The molecule has 0 spiro atoms. The van der Waals surface area contributed by atoms with Crippen LogP contribution >= 0.6 is 0 Å². The topological polar surface area (TPSA) is 59.1 Å². The molecule has 6 nitrogen and oxygen atoms in total. The highest BCUT2D eigenvalue weighted by Gasteiger charge is 2.32. The summed E-state index contributed by atoms with van der Waals surface area (Å²) in [6.45, 7) is 7.33. The molecule has 4 rings (SSSR count). The van der Waals surface area contributed by atoms with Crippen molar-refractivity contribution in [1.82, 2.24) is 0 Å². The van der Waals surface area contributed by atoms with E-state index in [0.717, 1.165) is 81.5 Å². The maximum absolute atomic E-state index is 12.9. The van der Waals surface area contributed by atoms with Gasteiger partial charge < -0.3 is 19.3 Å². The number of carbonyl (C=O) groups is 2. The predicted molar refractivity (Wildman–Crippen MR) is 139 cm³/mol. The molecule has 6 heteroatoms. The first-order valence-corrected chi connectivity index (χ1v) is 13.2. The number of fused-ring (bicyclic) bond motifs is 6. The molecular formula is C29H38N2O4. The molecule has 0 saturated heterocycles. The molecule has 0 fully saturated rings. The van der Waals surface area contributed by atoms with Crippen LogP contribution < -0.4 is 9.80 Å². The highest BCUT2D eigenvalue weighted by Crippen LogP contribution is 2.39. The Kier molecular flexibility index (Phi) is 8.67. The molecule has 0 atom stereocenters. The van der Waals surface area contributed by atoms with Crippen LogP contribution in [0.15, 0.2) is 36.4 Å². The molecule has 0 unspecified atom stereocenters. The fourth-order valence-corrected chi connectivity index (χ4v) is 4.92. The first-order valence-electron chi connectivity index (χ1n) is 13.2. The van der Waals surface area contributed by atoms with E-state index in [1.807, 2.05) is 30.3 Å². The zero-order valence-corrected chi connectivity index (χ0v) is 21.2. The third kappa shape index (κ3) is 5.98. The van der Waals surface area contributed by atoms with Gasteiger partial charge in [-0.25, -0.2) is 9.59 Å². The van der Waals surface area contributed by atoms with Crippen LogP contribution in [0.5, 0.6) is 0 Å². The van der Waals surface area contributed by atoms with Crippen LogP contribution in [0.3, 0.4) is 0 Å². The van der Waals surface area contributed by atoms with Gasteiger partial charge in [-0.3, -0.25) is 0 Å². The second-order valence-electron chi connectivity index (χ2n) is 9.58. The van der Waals surface area contributed by atoms with Crippen LogP contribution in [0.1, 0.15) is 97.1 Å². The number of hydrogen-bond donors (Lipinski definition) is 0. The molecule has 0 saturated carbocycles. The van der Waals surface area contributed by atoms with E-state index < -0.39 is 0 Å². The minimum atomic E-state index is -0.267. The summed E-state index contributed by atoms with van der Waals surface area (Å²) in [5, 5.41) is 0. The van der Waals surface area contributed by atoms with Crippen molar-refractivity contribution in [2.45, 2.75) is 78.3 Å². The van der Waals surface area contributed by atoms with Crippen molar-refractivity contribution >= 4 is 23.3 Å². The third-order valence-corrected chi connectivity index (χ3v) is 6.89. The third-order valence-electron chi connectivity index (χ3n) is 6.89. The number of nitrogens with zero attached hydrogens (tertiary/aromatic N) is 2. The minimum absolute atomic E-state index is 0.249. The van der Waals surface area contributed by atoms with Crippen LogP contribution in [0.4, 0.5) is 11.4 Å². The van der Waals surface area contributed by atoms with Crippen molar-refractivity contribution in [3.05, 3.63) is 58.7 Å². The van der Waals surface area contributed by atoms with Crippen LogP contribution in [-0.2, 0) is 22.6 Å². The monoisotopic (exact) mass is 478 g/mol. The van der Waals surface area contributed by atoms with Crippen LogP contribution in [0.25, 0.3) is 0 Å². The van der Waals surface area contributed by atoms with E-state index in [0.29, 0.717) is 30.9 Å². The van der Waals surface area contributed by atoms with E-state index in [9.17, 15) is 9.59 Å². The minimum Gasteiger partial charge on any atom is -0.462 e. The fraction of sp³-hybridized carbons (Fsp3) is 0.517. The molecule has 2 aromatic carbocycles. The molecule has 0 radical (unpaired) electrons. The Morgan fingerprint density at radius 1 is 0.771 bits per heavy atom. The van der Waals surface area contributed by atoms with E-state index >= 15 is 0 Å². The lowest BCUT2D eigenvalue weighted by molar-refractivity contribution is 0.0488. The van der Waals surface area contributed by atoms with E-state index in [2.05, 4.69) is 29.7 Å². The fourth-order valence-electron chi connectivity index (χ4n) is 4.92. The van der Waals surface area contributed by atoms with Crippen molar-refractivity contribution in [1.29, 1.82) is 0 Å². The summed E-state index contributed by atoms with van der Waals surface area (Å²) < 4.78 is 11.1. The van der Waals surface area contributed by atoms with Gasteiger partial charge in [0.05, 0.1) is 31.0 Å². The summed E-state index contributed by atoms with van der Waals surface area (Å²) in [4.78, 5) is 30.1. The largest absolute Gasteiger partial charge is 0.462 e. The molecule has 0 N–H and O–H groups in total. The lowest BCUT2D eigenvalue weighted by Gasteiger charge is -2.45. The maximum atomic E-state index is 12.9. The van der Waals surface area contributed by atoms with Gasteiger partial charge in [0.2, 0.25) is 0 Å². The number of esters is 2. The van der Waals surface area contributed by atoms with Crippen molar-refractivity contribution in [2.75, 3.05) is 29.7 Å². The van der Waals surface area contributed by atoms with Gasteiger partial charge >= 0.3 is 11.9 Å². The van der Waals surface area contributed by atoms with Crippen molar-refractivity contribution in [3.63, 3.8) is 0 Å². The number of carbonyl (C=O) groups excluding carboxylic acids is 2. The molecular weight excluding hydrogens is 440 g/mol. The first-order chi connectivity index (χ1) is 17.1. The Morgan fingerprint density at radius 2 is 1.46 bits per heavy atom. The van der Waals surface area contributed by atoms with Gasteiger partial charge in [-0.2, -0.15) is 0 Å². The van der Waals surface area contributed by atoms with Gasteiger partial charge in [0.15, 0.2) is 0 Å². The van der Waals surface area contributed by atoms with Gasteiger partial charge in [0.25, 0.3) is 0 Å². The summed E-state index contributed by atoms with van der Waals surface area (Å²) >= 11 is 0. The van der Waals surface area contributed by atoms with Crippen LogP contribution in [0.2, 0.25) is 0 Å². The smallest absolute Gasteiger partial charge is 0.338 e. The zero-order valence-electron chi connectivity index (χ0n) is 21.2. The average molecular weight is 479 g/mol. The quantitative estimate of drug-likeness (QED) is 0.258. The summed E-state index contributed by atoms with van der Waals surface area (Å²) in [6, 6.07) is 11.7. The number of anilines is 2. The summed E-state index contributed by atoms with van der Waals surface area (Å²) in [6.07, 6.45) is 8.61. The average Bonchev–Trinajstić information content (AvgIpc) is 2.88. The van der Waals surface area contributed by atoms with Gasteiger partial charge in [0, 0.05) is 30.0 Å². The Labute approximate surface area is 209 Å². The highest BCUT2D eigenvalue weighted by molar-refractivity contribution is 5.94. The van der Waals surface area contributed by atoms with Gasteiger partial charge in [-0.15, -0.1) is 0 Å². The molecule has 2 aliphatic rings. The summed E-state index contributed by atoms with van der Waals surface area (Å²) in [5.41, 5.74) is 5.51. The Hall–Kier alpha value is -3.02. The second-order valence-corrected chi connectivity index (χ2v) is 9.58. The van der Waals surface area contributed by atoms with Gasteiger partial charge in [0.1, 0.15) is 0 Å². The number of hydrogen-bond acceptors (Lipinski definition) is 6. The molecule has 2 heterocycles. The molecule has 0 aliphatic carbocycles. The van der Waals surface area contributed by atoms with E-state index in [1.165, 1.54) is 5.56 Å². The predicted octanol–water partition coefficient (Wildman–Crippen LogP) is 6.46. The molecule has 2 bridgehead atoms. The number of unbranched alkanes of at least 4 members (excludes halogenated alkanes) is 6. The lowest BCUT2D eigenvalue weighted by Crippen LogP contribution is -2.46. The Bertz CT molecular complexity index is 1040. The normalized spacial score (nSPS) is 13.8. The first kappa shape index (κ1) is 25.1. The molecule has 0 aromatic heterocycles. The molecule has 2 aromatic rings. The molecule has 0 amide bonds. The summed E-state index contributed by atoms with van der Waals surface area (Å²) in [5.74, 6) is -0.516. The number of rotatable bonds is 12. The molecule has 35 heavy (non-hydrogen) atoms. The standard InChI is InChI=1S/C29H38N2O4/c1-3-5-7-9-16-34-28(32)22-14-15-23-19-30-21-31(27(23)18-22)20-25-24(12-11-13-26(25)30)29(33)35-17-10-8-6-4-2/h11-15,18H,3-10,16-17,19-21H2,1-2H3.